The van der Waals surface area contributed by atoms with Gasteiger partial charge in [-0.15, -0.1) is 0 Å². The van der Waals surface area contributed by atoms with Crippen LogP contribution in [0.1, 0.15) is 27.7 Å². The van der Waals surface area contributed by atoms with Gasteiger partial charge in [-0.3, -0.25) is 0 Å². The number of esters is 4. The van der Waals surface area contributed by atoms with Crippen LogP contribution < -0.4 is 20.1 Å². The highest BCUT2D eigenvalue weighted by molar-refractivity contribution is 5.88. The minimum absolute atomic E-state index is 0.0228. The van der Waals surface area contributed by atoms with Crippen LogP contribution in [0.25, 0.3) is 0 Å². The second-order valence-corrected chi connectivity index (χ2v) is 11.8. The molecule has 0 saturated heterocycles. The third kappa shape index (κ3) is 23.0. The molecule has 0 saturated carbocycles. The number of nitrogens with one attached hydrogen (secondary N) is 2. The molecule has 56 heavy (non-hydrogen) atoms. The van der Waals surface area contributed by atoms with E-state index < -0.39 is 48.3 Å². The number of amides is 2. The van der Waals surface area contributed by atoms with E-state index in [9.17, 15) is 28.8 Å². The largest absolute Gasteiger partial charge is 0.491 e. The third-order valence-corrected chi connectivity index (χ3v) is 6.36. The predicted octanol–water partition coefficient (Wildman–Crippen LogP) is 3.14. The van der Waals surface area contributed by atoms with Gasteiger partial charge in [0.25, 0.3) is 0 Å². The van der Waals surface area contributed by atoms with Gasteiger partial charge in [0.1, 0.15) is 51.1 Å². The highest BCUT2D eigenvalue weighted by Crippen LogP contribution is 2.19. The summed E-state index contributed by atoms with van der Waals surface area (Å²) in [7, 11) is 0. The molecule has 1 aromatic rings. The molecule has 0 aliphatic rings. The quantitative estimate of drug-likeness (QED) is 0.0539. The summed E-state index contributed by atoms with van der Waals surface area (Å²) in [5, 5.41) is 4.85. The first-order valence-corrected chi connectivity index (χ1v) is 17.3. The van der Waals surface area contributed by atoms with Crippen molar-refractivity contribution in [2.45, 2.75) is 39.9 Å². The van der Waals surface area contributed by atoms with E-state index in [-0.39, 0.29) is 101 Å². The Kier molecular flexibility index (Phi) is 23.8. The van der Waals surface area contributed by atoms with Gasteiger partial charge in [-0.25, -0.2) is 28.8 Å². The zero-order chi connectivity index (χ0) is 41.9. The number of hydrogen-bond donors (Lipinski definition) is 2. The van der Waals surface area contributed by atoms with Gasteiger partial charge >= 0.3 is 36.1 Å². The fraction of sp³-hybridized carbons (Fsp3) is 0.474. The van der Waals surface area contributed by atoms with E-state index in [4.69, 9.17) is 47.4 Å². The monoisotopic (exact) mass is 792 g/mol. The molecule has 1 aromatic carbocycles. The van der Waals surface area contributed by atoms with E-state index in [0.717, 1.165) is 0 Å². The summed E-state index contributed by atoms with van der Waals surface area (Å²) in [6.45, 7) is 19.2. The number of carbonyl (C=O) groups excluding carboxylic acids is 6. The molecule has 0 bridgehead atoms. The van der Waals surface area contributed by atoms with Gasteiger partial charge in [-0.2, -0.15) is 0 Å². The van der Waals surface area contributed by atoms with Gasteiger partial charge < -0.3 is 58.0 Å². The molecule has 1 rings (SSSR count). The van der Waals surface area contributed by atoms with E-state index in [1.54, 1.807) is 24.3 Å². The number of alkyl carbamates (subject to hydrolysis) is 2. The minimum Gasteiger partial charge on any atom is -0.491 e. The van der Waals surface area contributed by atoms with Crippen molar-refractivity contribution >= 4 is 36.1 Å². The zero-order valence-corrected chi connectivity index (χ0v) is 32.3. The molecule has 0 aliphatic heterocycles. The molecule has 0 radical (unpaired) electrons. The second-order valence-electron chi connectivity index (χ2n) is 11.8. The molecule has 0 spiro atoms. The van der Waals surface area contributed by atoms with E-state index in [2.05, 4.69) is 36.9 Å². The number of ether oxygens (including phenoxy) is 10. The van der Waals surface area contributed by atoms with Crippen LogP contribution in [0, 0.1) is 0 Å². The Morgan fingerprint density at radius 3 is 1.23 bits per heavy atom. The van der Waals surface area contributed by atoms with Gasteiger partial charge in [0, 0.05) is 28.4 Å². The van der Waals surface area contributed by atoms with Gasteiger partial charge in [-0.05, 0) is 39.8 Å². The number of hydrogen-bond acceptors (Lipinski definition) is 16. The lowest BCUT2D eigenvalue weighted by Gasteiger charge is -2.19. The van der Waals surface area contributed by atoms with Crippen LogP contribution in [0.2, 0.25) is 0 Å². The van der Waals surface area contributed by atoms with Gasteiger partial charge in [0.05, 0.1) is 39.5 Å². The summed E-state index contributed by atoms with van der Waals surface area (Å²) in [4.78, 5) is 71.1. The Morgan fingerprint density at radius 1 is 0.518 bits per heavy atom. The predicted molar refractivity (Wildman–Crippen MR) is 199 cm³/mol. The highest BCUT2D eigenvalue weighted by Gasteiger charge is 2.20. The summed E-state index contributed by atoms with van der Waals surface area (Å²) >= 11 is 0. The molecular weight excluding hydrogens is 740 g/mol. The van der Waals surface area contributed by atoms with Crippen molar-refractivity contribution in [3.8, 4) is 11.5 Å². The summed E-state index contributed by atoms with van der Waals surface area (Å²) in [5.41, 5.74) is 0.769. The van der Waals surface area contributed by atoms with Crippen molar-refractivity contribution in [1.29, 1.82) is 0 Å². The first-order valence-electron chi connectivity index (χ1n) is 17.3. The average molecular weight is 793 g/mol. The Bertz CT molecular complexity index is 1420. The lowest BCUT2D eigenvalue weighted by molar-refractivity contribution is -0.144. The average Bonchev–Trinajstić information content (AvgIpc) is 3.15. The number of benzene rings is 1. The third-order valence-electron chi connectivity index (χ3n) is 6.36. The van der Waals surface area contributed by atoms with E-state index in [1.165, 1.54) is 27.7 Å². The van der Waals surface area contributed by atoms with Crippen molar-refractivity contribution in [2.75, 3.05) is 79.2 Å². The van der Waals surface area contributed by atoms with Crippen LogP contribution in [0.3, 0.4) is 0 Å². The Labute approximate surface area is 326 Å². The van der Waals surface area contributed by atoms with Crippen LogP contribution in [-0.2, 0) is 57.1 Å². The smallest absolute Gasteiger partial charge is 0.407 e. The normalized spacial score (nSPS) is 11.4. The maximum Gasteiger partial charge on any atom is 0.407 e. The van der Waals surface area contributed by atoms with Gasteiger partial charge in [-0.1, -0.05) is 32.4 Å². The highest BCUT2D eigenvalue weighted by atomic mass is 16.6. The molecule has 2 unspecified atom stereocenters. The van der Waals surface area contributed by atoms with E-state index >= 15 is 0 Å². The molecule has 0 aromatic heterocycles. The first-order chi connectivity index (χ1) is 26.6. The summed E-state index contributed by atoms with van der Waals surface area (Å²) in [5.74, 6) is -1.58. The van der Waals surface area contributed by atoms with Crippen molar-refractivity contribution in [1.82, 2.24) is 10.6 Å². The summed E-state index contributed by atoms with van der Waals surface area (Å²) in [6.07, 6.45) is -3.62. The molecule has 2 atom stereocenters. The number of rotatable bonds is 28. The summed E-state index contributed by atoms with van der Waals surface area (Å²) in [6, 6.07) is 6.76. The van der Waals surface area contributed by atoms with Crippen molar-refractivity contribution in [2.24, 2.45) is 0 Å². The SMILES string of the molecule is C=C(C)C(=O)OCCNC(=O)OC(COCCOc1cccc(OCCOCC(COC(=O)C(=C)C)OC(=O)NCCOC(=O)C(=C)C)c1)COC(=O)C(=C)C. The molecule has 18 nitrogen and oxygen atoms in total. The van der Waals surface area contributed by atoms with Crippen LogP contribution >= 0.6 is 0 Å². The fourth-order valence-electron chi connectivity index (χ4n) is 3.56. The summed E-state index contributed by atoms with van der Waals surface area (Å²) < 4.78 is 53.2. The van der Waals surface area contributed by atoms with E-state index in [0.29, 0.717) is 11.5 Å². The van der Waals surface area contributed by atoms with Crippen molar-refractivity contribution in [3.05, 3.63) is 72.9 Å². The molecule has 0 aliphatic carbocycles. The minimum atomic E-state index is -0.967. The molecule has 0 fully saturated rings. The van der Waals surface area contributed by atoms with Gasteiger partial charge in [0.2, 0.25) is 0 Å². The maximum absolute atomic E-state index is 12.2. The zero-order valence-electron chi connectivity index (χ0n) is 32.3. The second kappa shape index (κ2) is 27.7. The van der Waals surface area contributed by atoms with Gasteiger partial charge in [0.15, 0.2) is 12.2 Å². The molecule has 2 amide bonds. The Hall–Kier alpha value is -5.88. The van der Waals surface area contributed by atoms with Crippen molar-refractivity contribution < 1.29 is 76.1 Å². The van der Waals surface area contributed by atoms with Crippen LogP contribution in [-0.4, -0.2) is 127 Å². The maximum atomic E-state index is 12.2. The van der Waals surface area contributed by atoms with E-state index in [1.807, 2.05) is 0 Å². The standard InChI is InChI=1S/C38H52N2O16/c1-25(2)33(41)51-14-12-39-37(45)55-31(23-53-35(43)27(5)6)21-47-16-18-49-29-10-9-11-30(20-29)50-19-17-48-22-32(24-54-36(44)28(7)8)56-38(46)40-13-15-52-34(42)26(3)4/h9-11,20,31-32H,1,3,5,7,12-19,21-24H2,2,4,6,8H3,(H,39,45)(H,40,46). The lowest BCUT2D eigenvalue weighted by atomic mass is 10.3. The molecule has 18 heteroatoms. The van der Waals surface area contributed by atoms with Crippen molar-refractivity contribution in [3.63, 3.8) is 0 Å². The van der Waals surface area contributed by atoms with Crippen LogP contribution in [0.5, 0.6) is 11.5 Å². The Balaban J connectivity index is 2.52. The lowest BCUT2D eigenvalue weighted by Crippen LogP contribution is -2.36. The molecular formula is C38H52N2O16. The molecule has 0 heterocycles. The fourth-order valence-corrected chi connectivity index (χ4v) is 3.56. The topological polar surface area (TPSA) is 219 Å². The molecule has 2 N–H and O–H groups in total. The first kappa shape index (κ1) is 48.1. The molecule has 310 valence electrons. The number of carbonyl (C=O) groups is 6. The van der Waals surface area contributed by atoms with Crippen LogP contribution in [0.4, 0.5) is 9.59 Å². The van der Waals surface area contributed by atoms with Crippen LogP contribution in [0.15, 0.2) is 72.9 Å². The Morgan fingerprint density at radius 2 is 0.875 bits per heavy atom.